The minimum Gasteiger partial charge on any atom is -0.485 e. The molecule has 2 N–H and O–H groups in total. The molecule has 0 aromatic heterocycles. The SMILES string of the molecule is CCCCCCCCCCCCCCCCCC(=O)OB(O)O.[Ni]. The summed E-state index contributed by atoms with van der Waals surface area (Å²) in [6.07, 6.45) is 19.5. The Labute approximate surface area is 159 Å². The third kappa shape index (κ3) is 21.9. The van der Waals surface area contributed by atoms with Gasteiger partial charge < -0.3 is 14.7 Å². The van der Waals surface area contributed by atoms with Crippen molar-refractivity contribution in [3.05, 3.63) is 0 Å². The van der Waals surface area contributed by atoms with Gasteiger partial charge in [0.25, 0.3) is 5.97 Å². The molecule has 0 saturated carbocycles. The van der Waals surface area contributed by atoms with Crippen LogP contribution in [0.3, 0.4) is 0 Å². The molecule has 0 fully saturated rings. The van der Waals surface area contributed by atoms with E-state index < -0.39 is 13.3 Å². The zero-order valence-electron chi connectivity index (χ0n) is 15.4. The summed E-state index contributed by atoms with van der Waals surface area (Å²) in [6, 6.07) is 0. The Hall–Kier alpha value is -0.0516. The van der Waals surface area contributed by atoms with E-state index in [4.69, 9.17) is 10.0 Å². The van der Waals surface area contributed by atoms with Crippen LogP contribution in [0, 0.1) is 0 Å². The molecular formula is C18H37BNiO4. The van der Waals surface area contributed by atoms with Crippen molar-refractivity contribution in [1.82, 2.24) is 0 Å². The molecule has 0 radical (unpaired) electrons. The van der Waals surface area contributed by atoms with E-state index in [0.717, 1.165) is 19.3 Å². The largest absolute Gasteiger partial charge is 0.709 e. The molecule has 0 rings (SSSR count). The van der Waals surface area contributed by atoms with Crippen LogP contribution in [-0.4, -0.2) is 23.3 Å². The summed E-state index contributed by atoms with van der Waals surface area (Å²) in [6.45, 7) is 2.26. The molecule has 0 aliphatic rings. The van der Waals surface area contributed by atoms with Crippen molar-refractivity contribution in [2.45, 2.75) is 110 Å². The van der Waals surface area contributed by atoms with Crippen molar-refractivity contribution in [3.8, 4) is 0 Å². The first-order valence-electron chi connectivity index (χ1n) is 9.72. The molecule has 0 unspecified atom stereocenters. The molecule has 0 spiro atoms. The van der Waals surface area contributed by atoms with Gasteiger partial charge in [-0.15, -0.1) is 0 Å². The Balaban J connectivity index is 0. The maximum Gasteiger partial charge on any atom is 0.709 e. The summed E-state index contributed by atoms with van der Waals surface area (Å²) in [5, 5.41) is 16.9. The zero-order valence-corrected chi connectivity index (χ0v) is 16.4. The second-order valence-corrected chi connectivity index (χ2v) is 6.52. The number of carbonyl (C=O) groups is 1. The summed E-state index contributed by atoms with van der Waals surface area (Å²) in [4.78, 5) is 11.0. The van der Waals surface area contributed by atoms with E-state index in [9.17, 15) is 4.79 Å². The Kier molecular flexibility index (Phi) is 22.9. The number of unbranched alkanes of at least 4 members (excludes halogenated alkanes) is 14. The monoisotopic (exact) mass is 386 g/mol. The van der Waals surface area contributed by atoms with E-state index in [-0.39, 0.29) is 22.9 Å². The van der Waals surface area contributed by atoms with E-state index in [2.05, 4.69) is 11.6 Å². The zero-order chi connectivity index (χ0) is 17.2. The minimum absolute atomic E-state index is 0. The van der Waals surface area contributed by atoms with Crippen LogP contribution < -0.4 is 0 Å². The van der Waals surface area contributed by atoms with Crippen molar-refractivity contribution in [1.29, 1.82) is 0 Å². The topological polar surface area (TPSA) is 66.8 Å². The van der Waals surface area contributed by atoms with Crippen LogP contribution in [0.2, 0.25) is 0 Å². The van der Waals surface area contributed by atoms with E-state index in [1.54, 1.807) is 0 Å². The van der Waals surface area contributed by atoms with Crippen molar-refractivity contribution < 1.29 is 36.0 Å². The summed E-state index contributed by atoms with van der Waals surface area (Å²) in [5.41, 5.74) is 0. The van der Waals surface area contributed by atoms with Crippen molar-refractivity contribution in [3.63, 3.8) is 0 Å². The summed E-state index contributed by atoms with van der Waals surface area (Å²) in [7, 11) is -1.97. The maximum absolute atomic E-state index is 11.0. The second-order valence-electron chi connectivity index (χ2n) is 6.52. The van der Waals surface area contributed by atoms with Crippen LogP contribution in [0.25, 0.3) is 0 Å². The number of hydrogen-bond donors (Lipinski definition) is 2. The Morgan fingerprint density at radius 3 is 1.38 bits per heavy atom. The van der Waals surface area contributed by atoms with Gasteiger partial charge in [-0.2, -0.15) is 0 Å². The molecule has 0 aliphatic carbocycles. The van der Waals surface area contributed by atoms with Gasteiger partial charge in [0, 0.05) is 22.9 Å². The molecule has 0 aromatic rings. The smallest absolute Gasteiger partial charge is 0.485 e. The molecular weight excluding hydrogens is 350 g/mol. The van der Waals surface area contributed by atoms with E-state index in [1.807, 2.05) is 0 Å². The maximum atomic E-state index is 11.0. The van der Waals surface area contributed by atoms with Gasteiger partial charge >= 0.3 is 7.32 Å². The van der Waals surface area contributed by atoms with Gasteiger partial charge in [-0.1, -0.05) is 96.8 Å². The molecule has 0 aromatic carbocycles. The molecule has 0 saturated heterocycles. The van der Waals surface area contributed by atoms with Crippen LogP contribution in [-0.2, 0) is 25.9 Å². The minimum atomic E-state index is -1.97. The van der Waals surface area contributed by atoms with Crippen LogP contribution in [0.15, 0.2) is 0 Å². The van der Waals surface area contributed by atoms with Crippen molar-refractivity contribution in [2.75, 3.05) is 0 Å². The molecule has 0 aliphatic heterocycles. The summed E-state index contributed by atoms with van der Waals surface area (Å²) in [5.74, 6) is -0.533. The van der Waals surface area contributed by atoms with Crippen LogP contribution >= 0.6 is 0 Å². The Bertz CT molecular complexity index is 265. The average Bonchev–Trinajstić information content (AvgIpc) is 2.50. The van der Waals surface area contributed by atoms with E-state index in [0.29, 0.717) is 0 Å². The summed E-state index contributed by atoms with van der Waals surface area (Å²) < 4.78 is 4.24. The van der Waals surface area contributed by atoms with E-state index >= 15 is 0 Å². The normalized spacial score (nSPS) is 10.3. The quantitative estimate of drug-likeness (QED) is 0.279. The van der Waals surface area contributed by atoms with Crippen LogP contribution in [0.5, 0.6) is 0 Å². The fourth-order valence-corrected chi connectivity index (χ4v) is 2.82. The first kappa shape index (κ1) is 26.2. The standard InChI is InChI=1S/C18H37BO4.Ni/c1-2-3-4-5-6-7-8-9-10-11-12-13-14-15-16-17-18(20)23-19(21)22;/h21-22H,2-17H2,1H3;. The van der Waals surface area contributed by atoms with Gasteiger partial charge in [0.15, 0.2) is 0 Å². The van der Waals surface area contributed by atoms with Gasteiger partial charge in [0.05, 0.1) is 0 Å². The molecule has 4 nitrogen and oxygen atoms in total. The molecule has 0 bridgehead atoms. The Morgan fingerprint density at radius 1 is 0.708 bits per heavy atom. The van der Waals surface area contributed by atoms with Gasteiger partial charge in [0.2, 0.25) is 0 Å². The number of hydrogen-bond acceptors (Lipinski definition) is 4. The van der Waals surface area contributed by atoms with Gasteiger partial charge in [-0.05, 0) is 6.42 Å². The molecule has 0 heterocycles. The fraction of sp³-hybridized carbons (Fsp3) is 0.944. The predicted octanol–water partition coefficient (Wildman–Crippen LogP) is 4.76. The van der Waals surface area contributed by atoms with Crippen molar-refractivity contribution in [2.24, 2.45) is 0 Å². The molecule has 0 amide bonds. The second kappa shape index (κ2) is 21.0. The first-order valence-corrected chi connectivity index (χ1v) is 9.72. The third-order valence-electron chi connectivity index (χ3n) is 4.22. The fourth-order valence-electron chi connectivity index (χ4n) is 2.82. The Morgan fingerprint density at radius 2 is 1.04 bits per heavy atom. The van der Waals surface area contributed by atoms with E-state index in [1.165, 1.54) is 77.0 Å². The number of rotatable bonds is 17. The summed E-state index contributed by atoms with van der Waals surface area (Å²) >= 11 is 0. The van der Waals surface area contributed by atoms with Crippen LogP contribution in [0.4, 0.5) is 0 Å². The predicted molar refractivity (Wildman–Crippen MR) is 95.8 cm³/mol. The van der Waals surface area contributed by atoms with Gasteiger partial charge in [0.1, 0.15) is 0 Å². The van der Waals surface area contributed by atoms with Gasteiger partial charge in [-0.25, -0.2) is 0 Å². The molecule has 24 heavy (non-hydrogen) atoms. The van der Waals surface area contributed by atoms with Crippen LogP contribution in [0.1, 0.15) is 110 Å². The third-order valence-corrected chi connectivity index (χ3v) is 4.22. The van der Waals surface area contributed by atoms with Crippen molar-refractivity contribution >= 4 is 13.3 Å². The first-order chi connectivity index (χ1) is 11.2. The molecule has 6 heteroatoms. The van der Waals surface area contributed by atoms with Gasteiger partial charge in [-0.3, -0.25) is 4.79 Å². The molecule has 0 atom stereocenters. The molecule has 146 valence electrons. The average molecular weight is 387 g/mol. The number of carbonyl (C=O) groups excluding carboxylic acids is 1.